The molecule has 0 aromatic heterocycles. The van der Waals surface area contributed by atoms with Gasteiger partial charge >= 0.3 is 5.97 Å². The highest BCUT2D eigenvalue weighted by Crippen LogP contribution is 2.28. The fraction of sp³-hybridized carbons (Fsp3) is 0.276. The van der Waals surface area contributed by atoms with Crippen molar-refractivity contribution in [2.45, 2.75) is 44.6 Å². The average molecular weight is 494 g/mol. The van der Waals surface area contributed by atoms with Gasteiger partial charge in [0.1, 0.15) is 0 Å². The number of carboxylic acid groups (broad SMARTS) is 1. The van der Waals surface area contributed by atoms with Crippen LogP contribution in [0.2, 0.25) is 5.02 Å². The largest absolute Gasteiger partial charge is 0.481 e. The molecule has 0 amide bonds. The molecule has 3 aromatic carbocycles. The molecule has 0 aliphatic heterocycles. The molecule has 0 spiro atoms. The first-order valence-corrected chi connectivity index (χ1v) is 12.9. The number of nitrogens with one attached hydrogen (secondary N) is 1. The molecule has 0 heterocycles. The molecule has 0 aliphatic carbocycles. The molecule has 0 fully saturated rings. The minimum atomic E-state index is -0.776. The van der Waals surface area contributed by atoms with E-state index in [4.69, 9.17) is 16.7 Å². The van der Waals surface area contributed by atoms with Crippen LogP contribution in [-0.4, -0.2) is 23.4 Å². The summed E-state index contributed by atoms with van der Waals surface area (Å²) in [5.74, 6) is 0.253. The van der Waals surface area contributed by atoms with Gasteiger partial charge in [0.05, 0.1) is 6.42 Å². The van der Waals surface area contributed by atoms with Gasteiger partial charge in [-0.2, -0.15) is 0 Å². The van der Waals surface area contributed by atoms with Gasteiger partial charge in [-0.3, -0.25) is 4.79 Å². The van der Waals surface area contributed by atoms with Crippen molar-refractivity contribution in [3.8, 4) is 0 Å². The van der Waals surface area contributed by atoms with Crippen molar-refractivity contribution in [2.75, 3.05) is 12.3 Å². The first-order chi connectivity index (χ1) is 16.4. The van der Waals surface area contributed by atoms with Crippen molar-refractivity contribution < 1.29 is 9.90 Å². The quantitative estimate of drug-likeness (QED) is 0.155. The Morgan fingerprint density at radius 2 is 1.79 bits per heavy atom. The molecule has 0 saturated carbocycles. The zero-order valence-electron chi connectivity index (χ0n) is 19.8. The third kappa shape index (κ3) is 8.68. The summed E-state index contributed by atoms with van der Waals surface area (Å²) in [5, 5.41) is 12.6. The lowest BCUT2D eigenvalue weighted by atomic mass is 9.97. The molecule has 0 bridgehead atoms. The summed E-state index contributed by atoms with van der Waals surface area (Å²) in [6.07, 6.45) is 4.47. The average Bonchev–Trinajstić information content (AvgIpc) is 2.82. The van der Waals surface area contributed by atoms with Crippen LogP contribution in [0.4, 0.5) is 0 Å². The Morgan fingerprint density at radius 3 is 2.50 bits per heavy atom. The number of carboxylic acids is 1. The summed E-state index contributed by atoms with van der Waals surface area (Å²) in [6.45, 7) is 5.46. The van der Waals surface area contributed by atoms with E-state index in [0.29, 0.717) is 13.1 Å². The van der Waals surface area contributed by atoms with Gasteiger partial charge in [-0.05, 0) is 90.1 Å². The number of aliphatic carboxylic acids is 1. The second-order valence-corrected chi connectivity index (χ2v) is 10.0. The lowest BCUT2D eigenvalue weighted by Gasteiger charge is -2.11. The highest BCUT2D eigenvalue weighted by atomic mass is 35.5. The molecule has 5 heteroatoms. The Bertz CT molecular complexity index is 1130. The van der Waals surface area contributed by atoms with E-state index in [1.165, 1.54) is 32.7 Å². The Balaban J connectivity index is 1.56. The fourth-order valence-corrected chi connectivity index (χ4v) is 4.67. The summed E-state index contributed by atoms with van der Waals surface area (Å²) in [6, 6.07) is 23.2. The van der Waals surface area contributed by atoms with Gasteiger partial charge in [-0.25, -0.2) is 0 Å². The van der Waals surface area contributed by atoms with E-state index in [0.717, 1.165) is 29.2 Å². The predicted octanol–water partition coefficient (Wildman–Crippen LogP) is 7.63. The Hall–Kier alpha value is -2.53. The van der Waals surface area contributed by atoms with Crippen LogP contribution in [0.3, 0.4) is 0 Å². The summed E-state index contributed by atoms with van der Waals surface area (Å²) in [4.78, 5) is 11.8. The zero-order chi connectivity index (χ0) is 24.3. The number of benzene rings is 3. The number of rotatable bonds is 12. The van der Waals surface area contributed by atoms with E-state index in [1.807, 2.05) is 30.0 Å². The molecule has 178 valence electrons. The lowest BCUT2D eigenvalue weighted by Crippen LogP contribution is -2.17. The lowest BCUT2D eigenvalue weighted by molar-refractivity contribution is -0.136. The van der Waals surface area contributed by atoms with E-state index in [1.54, 1.807) is 0 Å². The molecule has 0 aliphatic rings. The number of hydrogen-bond donors (Lipinski definition) is 2. The van der Waals surface area contributed by atoms with E-state index < -0.39 is 5.97 Å². The van der Waals surface area contributed by atoms with E-state index in [9.17, 15) is 4.79 Å². The molecule has 3 nitrogen and oxygen atoms in total. The molecule has 3 rings (SSSR count). The maximum atomic E-state index is 10.6. The Labute approximate surface area is 212 Å². The van der Waals surface area contributed by atoms with Gasteiger partial charge < -0.3 is 10.4 Å². The topological polar surface area (TPSA) is 49.3 Å². The maximum absolute atomic E-state index is 10.6. The number of halogens is 1. The van der Waals surface area contributed by atoms with Crippen LogP contribution in [-0.2, 0) is 11.3 Å². The van der Waals surface area contributed by atoms with Gasteiger partial charge in [0.2, 0.25) is 0 Å². The number of carbonyl (C=O) groups is 1. The zero-order valence-corrected chi connectivity index (χ0v) is 21.4. The fourth-order valence-electron chi connectivity index (χ4n) is 3.63. The van der Waals surface area contributed by atoms with Crippen molar-refractivity contribution in [2.24, 2.45) is 0 Å². The highest BCUT2D eigenvalue weighted by Gasteiger charge is 2.05. The second-order valence-electron chi connectivity index (χ2n) is 8.44. The Morgan fingerprint density at radius 1 is 1.00 bits per heavy atom. The SMILES string of the molecule is Cc1ccc(/C=C(\CCCSc2ccc(CNCCC(=O)O)cc2)c2cccc(Cl)c2)cc1C. The number of allylic oxidation sites excluding steroid dienone is 1. The van der Waals surface area contributed by atoms with Crippen LogP contribution in [0.1, 0.15) is 47.1 Å². The third-order valence-corrected chi connectivity index (χ3v) is 7.03. The van der Waals surface area contributed by atoms with Crippen LogP contribution in [0.15, 0.2) is 71.6 Å². The standard InChI is InChI=1S/C29H32ClNO2S/c1-21-8-9-24(17-22(21)2)18-25(26-5-3-7-27(30)19-26)6-4-16-34-28-12-10-23(11-13-28)20-31-15-14-29(32)33/h3,5,7-13,17-19,31H,4,6,14-16,20H2,1-2H3,(H,32,33)/b25-18+. The smallest absolute Gasteiger partial charge is 0.304 e. The van der Waals surface area contributed by atoms with Crippen LogP contribution < -0.4 is 5.32 Å². The van der Waals surface area contributed by atoms with Gasteiger partial charge in [0, 0.05) is 23.0 Å². The molecule has 0 radical (unpaired) electrons. The molecular formula is C29H32ClNO2S. The van der Waals surface area contributed by atoms with Gasteiger partial charge in [0.25, 0.3) is 0 Å². The van der Waals surface area contributed by atoms with Crippen molar-refractivity contribution in [3.05, 3.63) is 99.6 Å². The third-order valence-electron chi connectivity index (χ3n) is 5.69. The van der Waals surface area contributed by atoms with Gasteiger partial charge in [0.15, 0.2) is 0 Å². The molecule has 0 atom stereocenters. The molecule has 3 aromatic rings. The Kier molecular flexibility index (Phi) is 10.3. The molecule has 0 saturated heterocycles. The van der Waals surface area contributed by atoms with E-state index in [2.05, 4.69) is 73.8 Å². The van der Waals surface area contributed by atoms with Crippen LogP contribution >= 0.6 is 23.4 Å². The molecule has 2 N–H and O–H groups in total. The van der Waals surface area contributed by atoms with Crippen molar-refractivity contribution in [3.63, 3.8) is 0 Å². The minimum absolute atomic E-state index is 0.142. The predicted molar refractivity (Wildman–Crippen MR) is 146 cm³/mol. The number of hydrogen-bond acceptors (Lipinski definition) is 3. The summed E-state index contributed by atoms with van der Waals surface area (Å²) < 4.78 is 0. The van der Waals surface area contributed by atoms with E-state index >= 15 is 0 Å². The number of thioether (sulfide) groups is 1. The summed E-state index contributed by atoms with van der Waals surface area (Å²) >= 11 is 8.14. The first-order valence-electron chi connectivity index (χ1n) is 11.6. The molecule has 34 heavy (non-hydrogen) atoms. The second kappa shape index (κ2) is 13.4. The first kappa shape index (κ1) is 26.1. The van der Waals surface area contributed by atoms with Gasteiger partial charge in [-0.1, -0.05) is 60.1 Å². The van der Waals surface area contributed by atoms with Crippen molar-refractivity contribution >= 4 is 41.0 Å². The summed E-state index contributed by atoms with van der Waals surface area (Å²) in [7, 11) is 0. The maximum Gasteiger partial charge on any atom is 0.304 e. The molecule has 0 unspecified atom stereocenters. The minimum Gasteiger partial charge on any atom is -0.481 e. The highest BCUT2D eigenvalue weighted by molar-refractivity contribution is 7.99. The van der Waals surface area contributed by atoms with Gasteiger partial charge in [-0.15, -0.1) is 11.8 Å². The summed E-state index contributed by atoms with van der Waals surface area (Å²) in [5.41, 5.74) is 7.47. The normalized spacial score (nSPS) is 11.6. The van der Waals surface area contributed by atoms with E-state index in [-0.39, 0.29) is 6.42 Å². The van der Waals surface area contributed by atoms with Crippen LogP contribution in [0.5, 0.6) is 0 Å². The van der Waals surface area contributed by atoms with Crippen LogP contribution in [0, 0.1) is 13.8 Å². The van der Waals surface area contributed by atoms with Crippen molar-refractivity contribution in [1.29, 1.82) is 0 Å². The van der Waals surface area contributed by atoms with Crippen LogP contribution in [0.25, 0.3) is 11.6 Å². The number of aryl methyl sites for hydroxylation is 2. The monoisotopic (exact) mass is 493 g/mol. The molecular weight excluding hydrogens is 462 g/mol. The van der Waals surface area contributed by atoms with Crippen molar-refractivity contribution in [1.82, 2.24) is 5.32 Å².